The first-order chi connectivity index (χ1) is 10.5. The maximum Gasteiger partial charge on any atom is 0.342 e. The molecule has 0 bridgehead atoms. The molecular formula is C15H14FN4O2+. The highest BCUT2D eigenvalue weighted by molar-refractivity contribution is 5.95. The molecular weight excluding hydrogens is 287 g/mol. The van der Waals surface area contributed by atoms with Gasteiger partial charge in [-0.25, -0.2) is 9.38 Å². The summed E-state index contributed by atoms with van der Waals surface area (Å²) < 4.78 is 24.3. The van der Waals surface area contributed by atoms with Gasteiger partial charge in [0.25, 0.3) is 5.84 Å². The van der Waals surface area contributed by atoms with E-state index in [-0.39, 0.29) is 5.84 Å². The number of nitrogens with two attached hydrogens (primary N) is 1. The van der Waals surface area contributed by atoms with E-state index in [2.05, 4.69) is 17.1 Å². The molecule has 1 aliphatic heterocycles. The van der Waals surface area contributed by atoms with Crippen LogP contribution in [-0.2, 0) is 9.47 Å². The van der Waals surface area contributed by atoms with E-state index in [1.54, 1.807) is 6.07 Å². The van der Waals surface area contributed by atoms with Crippen molar-refractivity contribution in [3.63, 3.8) is 0 Å². The highest BCUT2D eigenvalue weighted by atomic mass is 19.1. The fraction of sp³-hybridized carbons (Fsp3) is 0.400. The third-order valence-corrected chi connectivity index (χ3v) is 4.76. The Kier molecular flexibility index (Phi) is 2.80. The maximum absolute atomic E-state index is 13.6. The topological polar surface area (TPSA) is 106 Å². The second kappa shape index (κ2) is 4.26. The number of ether oxygens (including phenoxy) is 2. The van der Waals surface area contributed by atoms with Gasteiger partial charge in [-0.3, -0.25) is 5.73 Å². The van der Waals surface area contributed by atoms with Crippen molar-refractivity contribution in [2.24, 2.45) is 16.6 Å². The number of hydrogen-bond donors (Lipinski definition) is 2. The number of methoxy groups -OCH3 is 2. The van der Waals surface area contributed by atoms with Crippen LogP contribution in [0.5, 0.6) is 0 Å². The van der Waals surface area contributed by atoms with E-state index in [0.29, 0.717) is 5.56 Å². The van der Waals surface area contributed by atoms with Crippen LogP contribution in [0.15, 0.2) is 24.3 Å². The average molecular weight is 301 g/mol. The van der Waals surface area contributed by atoms with Gasteiger partial charge in [-0.1, -0.05) is 12.1 Å². The molecule has 1 aromatic carbocycles. The Morgan fingerprint density at radius 3 is 2.45 bits per heavy atom. The van der Waals surface area contributed by atoms with Gasteiger partial charge in [0.2, 0.25) is 0 Å². The van der Waals surface area contributed by atoms with Crippen LogP contribution in [0.25, 0.3) is 0 Å². The Hall–Kier alpha value is -2.48. The van der Waals surface area contributed by atoms with E-state index < -0.39 is 28.5 Å². The first-order valence-corrected chi connectivity index (χ1v) is 6.59. The standard InChI is InChI=1S/C15H13FN4O2/c1-21-15(22-2)14(8-18)11(9-4-3-5-10(16)6-9)13(14,7-17)12(19)20-15/h3-6,11H,1-2H3,(H2,19,20)/p+1. The SMILES string of the molecule is COC1(OC)[NH+]=C(N)C2(C#N)C(c3cccc(F)c3)C12C#N. The van der Waals surface area contributed by atoms with Crippen molar-refractivity contribution in [1.29, 1.82) is 10.5 Å². The van der Waals surface area contributed by atoms with Crippen molar-refractivity contribution >= 4 is 5.84 Å². The van der Waals surface area contributed by atoms with Gasteiger partial charge in [-0.2, -0.15) is 10.5 Å². The summed E-state index contributed by atoms with van der Waals surface area (Å²) in [6, 6.07) is 10.0. The van der Waals surface area contributed by atoms with E-state index in [9.17, 15) is 14.9 Å². The molecule has 0 radical (unpaired) electrons. The second-order valence-electron chi connectivity index (χ2n) is 5.39. The molecule has 22 heavy (non-hydrogen) atoms. The molecule has 6 nitrogen and oxygen atoms in total. The molecule has 112 valence electrons. The van der Waals surface area contributed by atoms with Crippen LogP contribution in [0, 0.1) is 39.3 Å². The molecule has 0 saturated heterocycles. The van der Waals surface area contributed by atoms with Crippen LogP contribution in [0.4, 0.5) is 4.39 Å². The number of nitrogens with one attached hydrogen (secondary N) is 1. The number of fused-ring (bicyclic) bond motifs is 1. The summed E-state index contributed by atoms with van der Waals surface area (Å²) in [6.45, 7) is 0. The quantitative estimate of drug-likeness (QED) is 0.721. The van der Waals surface area contributed by atoms with Crippen LogP contribution in [0.3, 0.4) is 0 Å². The van der Waals surface area contributed by atoms with E-state index >= 15 is 0 Å². The van der Waals surface area contributed by atoms with Gasteiger partial charge in [-0.05, 0) is 17.7 Å². The molecule has 1 aliphatic carbocycles. The first-order valence-electron chi connectivity index (χ1n) is 6.59. The summed E-state index contributed by atoms with van der Waals surface area (Å²) in [5.41, 5.74) is 3.78. The van der Waals surface area contributed by atoms with Crippen molar-refractivity contribution in [1.82, 2.24) is 0 Å². The molecule has 7 heteroatoms. The van der Waals surface area contributed by atoms with Gasteiger partial charge >= 0.3 is 5.91 Å². The van der Waals surface area contributed by atoms with Gasteiger partial charge in [0, 0.05) is 20.1 Å². The highest BCUT2D eigenvalue weighted by Gasteiger charge is 2.96. The molecule has 1 saturated carbocycles. The molecule has 3 rings (SSSR count). The third kappa shape index (κ3) is 1.22. The number of halogens is 1. The minimum atomic E-state index is -1.56. The molecule has 3 atom stereocenters. The van der Waals surface area contributed by atoms with Gasteiger partial charge in [0.05, 0.1) is 12.1 Å². The Morgan fingerprint density at radius 2 is 1.95 bits per heavy atom. The van der Waals surface area contributed by atoms with Gasteiger partial charge < -0.3 is 9.47 Å². The monoisotopic (exact) mass is 301 g/mol. The zero-order valence-corrected chi connectivity index (χ0v) is 12.1. The van der Waals surface area contributed by atoms with Crippen molar-refractivity contribution in [3.05, 3.63) is 35.6 Å². The number of amidine groups is 1. The summed E-state index contributed by atoms with van der Waals surface area (Å²) in [4.78, 5) is 2.78. The van der Waals surface area contributed by atoms with E-state index in [4.69, 9.17) is 15.2 Å². The van der Waals surface area contributed by atoms with E-state index in [0.717, 1.165) is 0 Å². The Balaban J connectivity index is 2.26. The van der Waals surface area contributed by atoms with E-state index in [1.165, 1.54) is 32.4 Å². The smallest absolute Gasteiger partial charge is 0.317 e. The number of benzene rings is 1. The van der Waals surface area contributed by atoms with Crippen LogP contribution < -0.4 is 10.7 Å². The minimum absolute atomic E-state index is 0.0921. The van der Waals surface area contributed by atoms with Gasteiger partial charge in [0.1, 0.15) is 5.82 Å². The molecule has 0 spiro atoms. The number of nitrogens with zero attached hydrogens (tertiary/aromatic N) is 2. The maximum atomic E-state index is 13.6. The highest BCUT2D eigenvalue weighted by Crippen LogP contribution is 2.78. The molecule has 0 aromatic heterocycles. The number of rotatable bonds is 3. The zero-order chi connectivity index (χ0) is 16.2. The average Bonchev–Trinajstić information content (AvgIpc) is 3.11. The second-order valence-corrected chi connectivity index (χ2v) is 5.39. The number of nitriles is 2. The third-order valence-electron chi connectivity index (χ3n) is 4.76. The largest absolute Gasteiger partial charge is 0.342 e. The molecule has 2 aliphatic rings. The summed E-state index contributed by atoms with van der Waals surface area (Å²) >= 11 is 0. The molecule has 1 fully saturated rings. The lowest BCUT2D eigenvalue weighted by atomic mass is 9.93. The van der Waals surface area contributed by atoms with Gasteiger partial charge in [0.15, 0.2) is 10.8 Å². The van der Waals surface area contributed by atoms with Crippen LogP contribution in [0.2, 0.25) is 0 Å². The summed E-state index contributed by atoms with van der Waals surface area (Å²) in [6.07, 6.45) is 0. The molecule has 1 aromatic rings. The predicted molar refractivity (Wildman–Crippen MR) is 72.1 cm³/mol. The Labute approximate surface area is 126 Å². The van der Waals surface area contributed by atoms with Gasteiger partial charge in [-0.15, -0.1) is 0 Å². The number of hydrogen-bond acceptors (Lipinski definition) is 5. The fourth-order valence-corrected chi connectivity index (χ4v) is 3.80. The zero-order valence-electron chi connectivity index (χ0n) is 12.1. The lowest BCUT2D eigenvalue weighted by Gasteiger charge is -2.26. The van der Waals surface area contributed by atoms with Crippen LogP contribution in [0.1, 0.15) is 11.5 Å². The molecule has 3 unspecified atom stereocenters. The normalized spacial score (nSPS) is 34.2. The first kappa shape index (κ1) is 14.5. The molecule has 3 N–H and O–H groups in total. The Bertz CT molecular complexity index is 762. The van der Waals surface area contributed by atoms with Crippen LogP contribution in [-0.4, -0.2) is 26.0 Å². The lowest BCUT2D eigenvalue weighted by molar-refractivity contribution is -0.687. The predicted octanol–water partition coefficient (Wildman–Crippen LogP) is -0.659. The van der Waals surface area contributed by atoms with Crippen molar-refractivity contribution < 1.29 is 18.9 Å². The fourth-order valence-electron chi connectivity index (χ4n) is 3.80. The lowest BCUT2D eigenvalue weighted by Crippen LogP contribution is -2.90. The van der Waals surface area contributed by atoms with Crippen molar-refractivity contribution in [3.8, 4) is 12.1 Å². The van der Waals surface area contributed by atoms with Crippen LogP contribution >= 0.6 is 0 Å². The van der Waals surface area contributed by atoms with Crippen molar-refractivity contribution in [2.75, 3.05) is 14.2 Å². The summed E-state index contributed by atoms with van der Waals surface area (Å²) in [5, 5.41) is 19.5. The summed E-state index contributed by atoms with van der Waals surface area (Å²) in [7, 11) is 2.72. The van der Waals surface area contributed by atoms with Crippen molar-refractivity contribution in [2.45, 2.75) is 11.8 Å². The molecule has 1 heterocycles. The van der Waals surface area contributed by atoms with E-state index in [1.807, 2.05) is 0 Å². The summed E-state index contributed by atoms with van der Waals surface area (Å²) in [5.74, 6) is -2.56. The Morgan fingerprint density at radius 1 is 1.27 bits per heavy atom. The molecule has 0 amide bonds. The minimum Gasteiger partial charge on any atom is -0.317 e.